The van der Waals surface area contributed by atoms with Crippen LogP contribution in [0, 0.1) is 5.82 Å². The third-order valence-corrected chi connectivity index (χ3v) is 4.09. The summed E-state index contributed by atoms with van der Waals surface area (Å²) < 4.78 is 14.0. The number of carbonyl (C=O) groups excluding carboxylic acids is 1. The van der Waals surface area contributed by atoms with E-state index >= 15 is 0 Å². The molecule has 1 unspecified atom stereocenters. The molecule has 2 aromatic carbocycles. The van der Waals surface area contributed by atoms with Crippen molar-refractivity contribution in [1.82, 2.24) is 5.32 Å². The fourth-order valence-corrected chi connectivity index (χ4v) is 2.69. The topological polar surface area (TPSA) is 41.1 Å². The van der Waals surface area contributed by atoms with E-state index in [0.717, 1.165) is 5.56 Å². The molecule has 0 aliphatic rings. The number of anilines is 1. The quantitative estimate of drug-likeness (QED) is 0.713. The van der Waals surface area contributed by atoms with Crippen molar-refractivity contribution >= 4 is 35.3 Å². The average molecular weight is 355 g/mol. The highest BCUT2D eigenvalue weighted by molar-refractivity contribution is 6.31. The summed E-state index contributed by atoms with van der Waals surface area (Å²) in [4.78, 5) is 10.6. The molecule has 2 rings (SSSR count). The molecule has 0 aromatic heterocycles. The minimum absolute atomic E-state index is 0.0384. The first kappa shape index (κ1) is 17.7. The van der Waals surface area contributed by atoms with E-state index in [1.807, 2.05) is 13.0 Å². The largest absolute Gasteiger partial charge is 0.328 e. The zero-order valence-electron chi connectivity index (χ0n) is 12.6. The number of amides is 1. The SMILES string of the molecule is CC(CNCc1ccc(Cl)cc1NC=O)c1cccc(Cl)c1F. The molecular formula is C17H17Cl2FN2O. The van der Waals surface area contributed by atoms with Crippen molar-refractivity contribution in [3.8, 4) is 0 Å². The van der Waals surface area contributed by atoms with Crippen molar-refractivity contribution < 1.29 is 9.18 Å². The molecule has 0 saturated carbocycles. The lowest BCUT2D eigenvalue weighted by molar-refractivity contribution is -0.105. The minimum atomic E-state index is -0.377. The lowest BCUT2D eigenvalue weighted by Crippen LogP contribution is -2.21. The van der Waals surface area contributed by atoms with Gasteiger partial charge < -0.3 is 10.6 Å². The van der Waals surface area contributed by atoms with Crippen molar-refractivity contribution in [1.29, 1.82) is 0 Å². The molecule has 0 fully saturated rings. The van der Waals surface area contributed by atoms with Crippen LogP contribution in [0.5, 0.6) is 0 Å². The van der Waals surface area contributed by atoms with Crippen LogP contribution in [0.15, 0.2) is 36.4 Å². The highest BCUT2D eigenvalue weighted by Gasteiger charge is 2.13. The molecule has 0 heterocycles. The van der Waals surface area contributed by atoms with Gasteiger partial charge in [0.1, 0.15) is 5.82 Å². The molecule has 122 valence electrons. The molecule has 2 aromatic rings. The molecule has 0 radical (unpaired) electrons. The number of hydrogen-bond donors (Lipinski definition) is 2. The Balaban J connectivity index is 1.99. The van der Waals surface area contributed by atoms with E-state index < -0.39 is 0 Å². The van der Waals surface area contributed by atoms with Crippen LogP contribution in [0.25, 0.3) is 0 Å². The van der Waals surface area contributed by atoms with Gasteiger partial charge in [0.05, 0.1) is 5.02 Å². The third-order valence-electron chi connectivity index (χ3n) is 3.56. The van der Waals surface area contributed by atoms with Crippen LogP contribution in [-0.4, -0.2) is 13.0 Å². The Hall–Kier alpha value is -1.62. The van der Waals surface area contributed by atoms with Gasteiger partial charge in [0, 0.05) is 23.8 Å². The van der Waals surface area contributed by atoms with Crippen molar-refractivity contribution in [2.24, 2.45) is 0 Å². The predicted molar refractivity (Wildman–Crippen MR) is 92.7 cm³/mol. The lowest BCUT2D eigenvalue weighted by Gasteiger charge is -2.16. The van der Waals surface area contributed by atoms with Crippen LogP contribution in [0.4, 0.5) is 10.1 Å². The fourth-order valence-electron chi connectivity index (χ4n) is 2.34. The normalized spacial score (nSPS) is 12.0. The first-order valence-corrected chi connectivity index (χ1v) is 7.91. The number of rotatable bonds is 7. The van der Waals surface area contributed by atoms with Gasteiger partial charge in [0.15, 0.2) is 0 Å². The number of hydrogen-bond acceptors (Lipinski definition) is 2. The Kier molecular flexibility index (Phi) is 6.39. The van der Waals surface area contributed by atoms with E-state index in [4.69, 9.17) is 23.2 Å². The number of halogens is 3. The molecule has 0 aliphatic carbocycles. The maximum absolute atomic E-state index is 14.0. The Morgan fingerprint density at radius 2 is 2.04 bits per heavy atom. The van der Waals surface area contributed by atoms with E-state index in [2.05, 4.69) is 10.6 Å². The van der Waals surface area contributed by atoms with Gasteiger partial charge >= 0.3 is 0 Å². The lowest BCUT2D eigenvalue weighted by atomic mass is 10.0. The summed E-state index contributed by atoms with van der Waals surface area (Å²) in [6.07, 6.45) is 0.610. The molecular weight excluding hydrogens is 338 g/mol. The second-order valence-electron chi connectivity index (χ2n) is 5.24. The van der Waals surface area contributed by atoms with Crippen LogP contribution in [-0.2, 0) is 11.3 Å². The zero-order chi connectivity index (χ0) is 16.8. The molecule has 0 saturated heterocycles. The zero-order valence-corrected chi connectivity index (χ0v) is 14.1. The van der Waals surface area contributed by atoms with Gasteiger partial charge in [-0.2, -0.15) is 0 Å². The van der Waals surface area contributed by atoms with Crippen LogP contribution in [0.2, 0.25) is 10.0 Å². The second kappa shape index (κ2) is 8.29. The summed E-state index contributed by atoms with van der Waals surface area (Å²) in [5.74, 6) is -0.415. The van der Waals surface area contributed by atoms with Crippen molar-refractivity contribution in [2.45, 2.75) is 19.4 Å². The van der Waals surface area contributed by atoms with Gasteiger partial charge in [0.25, 0.3) is 0 Å². The van der Waals surface area contributed by atoms with Crippen LogP contribution < -0.4 is 10.6 Å². The Morgan fingerprint density at radius 3 is 2.78 bits per heavy atom. The van der Waals surface area contributed by atoms with Crippen molar-refractivity contribution in [3.63, 3.8) is 0 Å². The Morgan fingerprint density at radius 1 is 1.26 bits per heavy atom. The molecule has 1 atom stereocenters. The van der Waals surface area contributed by atoms with E-state index in [1.165, 1.54) is 6.07 Å². The van der Waals surface area contributed by atoms with E-state index in [0.29, 0.717) is 35.8 Å². The third kappa shape index (κ3) is 4.67. The van der Waals surface area contributed by atoms with Crippen LogP contribution >= 0.6 is 23.2 Å². The van der Waals surface area contributed by atoms with Crippen LogP contribution in [0.3, 0.4) is 0 Å². The Labute approximate surface area is 144 Å². The summed E-state index contributed by atoms with van der Waals surface area (Å²) >= 11 is 11.7. The highest BCUT2D eigenvalue weighted by atomic mass is 35.5. The monoisotopic (exact) mass is 354 g/mol. The Bertz CT molecular complexity index is 694. The second-order valence-corrected chi connectivity index (χ2v) is 6.08. The molecule has 3 nitrogen and oxygen atoms in total. The number of nitrogens with one attached hydrogen (secondary N) is 2. The molecule has 6 heteroatoms. The van der Waals surface area contributed by atoms with Gasteiger partial charge in [-0.25, -0.2) is 4.39 Å². The maximum Gasteiger partial charge on any atom is 0.211 e. The molecule has 2 N–H and O–H groups in total. The van der Waals surface area contributed by atoms with Gasteiger partial charge in [-0.1, -0.05) is 48.3 Å². The molecule has 0 aliphatic heterocycles. The number of carbonyl (C=O) groups is 1. The molecule has 23 heavy (non-hydrogen) atoms. The summed E-state index contributed by atoms with van der Waals surface area (Å²) in [6, 6.07) is 10.3. The van der Waals surface area contributed by atoms with Gasteiger partial charge in [-0.05, 0) is 35.2 Å². The van der Waals surface area contributed by atoms with Gasteiger partial charge in [-0.3, -0.25) is 4.79 Å². The minimum Gasteiger partial charge on any atom is -0.328 e. The van der Waals surface area contributed by atoms with E-state index in [9.17, 15) is 9.18 Å². The first-order chi connectivity index (χ1) is 11.0. The molecule has 1 amide bonds. The standard InChI is InChI=1S/C17H17Cl2FN2O/c1-11(14-3-2-4-15(19)17(14)20)8-21-9-12-5-6-13(18)7-16(12)22-10-23/h2-7,10-11,21H,8-9H2,1H3,(H,22,23). The summed E-state index contributed by atoms with van der Waals surface area (Å²) in [5, 5.41) is 6.55. The average Bonchev–Trinajstić information content (AvgIpc) is 2.52. The molecule has 0 bridgehead atoms. The van der Waals surface area contributed by atoms with E-state index in [-0.39, 0.29) is 16.8 Å². The highest BCUT2D eigenvalue weighted by Crippen LogP contribution is 2.25. The fraction of sp³-hybridized carbons (Fsp3) is 0.235. The smallest absolute Gasteiger partial charge is 0.211 e. The summed E-state index contributed by atoms with van der Waals surface area (Å²) in [6.45, 7) is 3.02. The van der Waals surface area contributed by atoms with Gasteiger partial charge in [-0.15, -0.1) is 0 Å². The first-order valence-electron chi connectivity index (χ1n) is 7.16. The van der Waals surface area contributed by atoms with Gasteiger partial charge in [0.2, 0.25) is 6.41 Å². The maximum atomic E-state index is 14.0. The van der Waals surface area contributed by atoms with Crippen LogP contribution in [0.1, 0.15) is 24.0 Å². The van der Waals surface area contributed by atoms with E-state index in [1.54, 1.807) is 24.3 Å². The summed E-state index contributed by atoms with van der Waals surface area (Å²) in [5.41, 5.74) is 2.13. The van der Waals surface area contributed by atoms with Crippen molar-refractivity contribution in [3.05, 3.63) is 63.4 Å². The predicted octanol–water partition coefficient (Wildman–Crippen LogP) is 4.59. The molecule has 0 spiro atoms. The van der Waals surface area contributed by atoms with Crippen molar-refractivity contribution in [2.75, 3.05) is 11.9 Å². The summed E-state index contributed by atoms with van der Waals surface area (Å²) in [7, 11) is 0. The number of benzene rings is 2.